The minimum Gasteiger partial charge on any atom is -0.309 e. The average molecular weight is 317 g/mol. The SMILES string of the molecule is Cc1cc(S(=O)(=O)NCCN(C)C)sc1CNC1CC1. The number of nitrogens with zero attached hydrogens (tertiary/aromatic N) is 1. The summed E-state index contributed by atoms with van der Waals surface area (Å²) < 4.78 is 27.4. The van der Waals surface area contributed by atoms with Gasteiger partial charge in [-0.05, 0) is 45.5 Å². The summed E-state index contributed by atoms with van der Waals surface area (Å²) >= 11 is 1.37. The fraction of sp³-hybridized carbons (Fsp3) is 0.692. The lowest BCUT2D eigenvalue weighted by Gasteiger charge is -2.09. The first-order valence-electron chi connectivity index (χ1n) is 6.85. The maximum atomic E-state index is 12.2. The molecule has 0 aliphatic heterocycles. The van der Waals surface area contributed by atoms with Crippen molar-refractivity contribution >= 4 is 21.4 Å². The van der Waals surface area contributed by atoms with Crippen molar-refractivity contribution in [2.75, 3.05) is 27.2 Å². The number of thiophene rings is 1. The van der Waals surface area contributed by atoms with Crippen LogP contribution in [-0.2, 0) is 16.6 Å². The molecule has 1 fully saturated rings. The molecule has 1 aliphatic rings. The van der Waals surface area contributed by atoms with E-state index < -0.39 is 10.0 Å². The van der Waals surface area contributed by atoms with Gasteiger partial charge in [0.2, 0.25) is 10.0 Å². The van der Waals surface area contributed by atoms with Crippen LogP contribution in [0.1, 0.15) is 23.3 Å². The highest BCUT2D eigenvalue weighted by molar-refractivity contribution is 7.91. The Labute approximate surface area is 125 Å². The molecule has 0 atom stereocenters. The highest BCUT2D eigenvalue weighted by Crippen LogP contribution is 2.27. The molecule has 2 N–H and O–H groups in total. The maximum Gasteiger partial charge on any atom is 0.250 e. The predicted molar refractivity (Wildman–Crippen MR) is 82.7 cm³/mol. The van der Waals surface area contributed by atoms with Gasteiger partial charge in [0, 0.05) is 30.6 Å². The van der Waals surface area contributed by atoms with Gasteiger partial charge in [0.15, 0.2) is 0 Å². The van der Waals surface area contributed by atoms with E-state index >= 15 is 0 Å². The zero-order valence-electron chi connectivity index (χ0n) is 12.3. The van der Waals surface area contributed by atoms with Crippen molar-refractivity contribution < 1.29 is 8.42 Å². The van der Waals surface area contributed by atoms with Crippen molar-refractivity contribution in [1.82, 2.24) is 14.9 Å². The fourth-order valence-electron chi connectivity index (χ4n) is 1.80. The zero-order chi connectivity index (χ0) is 14.8. The van der Waals surface area contributed by atoms with Gasteiger partial charge in [0.1, 0.15) is 4.21 Å². The van der Waals surface area contributed by atoms with E-state index in [9.17, 15) is 8.42 Å². The fourth-order valence-corrected chi connectivity index (χ4v) is 4.40. The summed E-state index contributed by atoms with van der Waals surface area (Å²) in [5.41, 5.74) is 1.05. The van der Waals surface area contributed by atoms with Crippen molar-refractivity contribution in [1.29, 1.82) is 0 Å². The number of hydrogen-bond donors (Lipinski definition) is 2. The van der Waals surface area contributed by atoms with E-state index in [-0.39, 0.29) is 0 Å². The lowest BCUT2D eigenvalue weighted by Crippen LogP contribution is -2.30. The second-order valence-electron chi connectivity index (χ2n) is 5.53. The minimum atomic E-state index is -3.37. The van der Waals surface area contributed by atoms with Crippen molar-refractivity contribution in [3.63, 3.8) is 0 Å². The van der Waals surface area contributed by atoms with Crippen molar-refractivity contribution in [2.24, 2.45) is 0 Å². The number of rotatable bonds is 8. The van der Waals surface area contributed by atoms with Gasteiger partial charge in [0.25, 0.3) is 0 Å². The van der Waals surface area contributed by atoms with Crippen molar-refractivity contribution in [2.45, 2.75) is 36.6 Å². The molecular formula is C13H23N3O2S2. The first-order valence-corrected chi connectivity index (χ1v) is 9.15. The highest BCUT2D eigenvalue weighted by atomic mass is 32.2. The van der Waals surface area contributed by atoms with Gasteiger partial charge in [-0.15, -0.1) is 11.3 Å². The molecule has 0 radical (unpaired) electrons. The molecule has 1 saturated carbocycles. The van der Waals surface area contributed by atoms with Crippen LogP contribution in [0.3, 0.4) is 0 Å². The predicted octanol–water partition coefficient (Wildman–Crippen LogP) is 1.15. The Morgan fingerprint density at radius 3 is 2.70 bits per heavy atom. The summed E-state index contributed by atoms with van der Waals surface area (Å²) in [6, 6.07) is 2.40. The largest absolute Gasteiger partial charge is 0.309 e. The van der Waals surface area contributed by atoms with Crippen LogP contribution >= 0.6 is 11.3 Å². The van der Waals surface area contributed by atoms with E-state index in [1.54, 1.807) is 6.07 Å². The molecule has 5 nitrogen and oxygen atoms in total. The van der Waals surface area contributed by atoms with Crippen LogP contribution in [0, 0.1) is 6.92 Å². The molecule has 1 aromatic rings. The van der Waals surface area contributed by atoms with Gasteiger partial charge in [-0.3, -0.25) is 0 Å². The van der Waals surface area contributed by atoms with E-state index in [4.69, 9.17) is 0 Å². The molecule has 0 saturated heterocycles. The Kier molecular flexibility index (Phi) is 5.19. The zero-order valence-corrected chi connectivity index (χ0v) is 13.9. The van der Waals surface area contributed by atoms with Crippen LogP contribution in [0.25, 0.3) is 0 Å². The number of likely N-dealkylation sites (N-methyl/N-ethyl adjacent to an activating group) is 1. The van der Waals surface area contributed by atoms with Gasteiger partial charge in [-0.2, -0.15) is 0 Å². The standard InChI is InChI=1S/C13H23N3O2S2/c1-10-8-13(19-12(10)9-14-11-4-5-11)20(17,18)15-6-7-16(2)3/h8,11,14-15H,4-7,9H2,1-3H3. The van der Waals surface area contributed by atoms with E-state index in [1.165, 1.54) is 24.2 Å². The first-order chi connectivity index (χ1) is 9.38. The van der Waals surface area contributed by atoms with Gasteiger partial charge in [-0.25, -0.2) is 13.1 Å². The number of nitrogens with one attached hydrogen (secondary N) is 2. The average Bonchev–Trinajstić information content (AvgIpc) is 3.09. The first kappa shape index (κ1) is 15.9. The second-order valence-corrected chi connectivity index (χ2v) is 8.66. The Balaban J connectivity index is 1.97. The van der Waals surface area contributed by atoms with Crippen LogP contribution in [0.5, 0.6) is 0 Å². The molecule has 0 amide bonds. The summed E-state index contributed by atoms with van der Waals surface area (Å²) in [6.45, 7) is 3.87. The summed E-state index contributed by atoms with van der Waals surface area (Å²) in [7, 11) is 0.477. The van der Waals surface area contributed by atoms with E-state index in [2.05, 4.69) is 10.0 Å². The molecule has 0 bridgehead atoms. The maximum absolute atomic E-state index is 12.2. The molecule has 114 valence electrons. The Bertz CT molecular complexity index is 548. The molecule has 1 aromatic heterocycles. The van der Waals surface area contributed by atoms with E-state index in [1.807, 2.05) is 25.9 Å². The van der Waals surface area contributed by atoms with Gasteiger partial charge >= 0.3 is 0 Å². The van der Waals surface area contributed by atoms with Gasteiger partial charge < -0.3 is 10.2 Å². The molecular weight excluding hydrogens is 294 g/mol. The van der Waals surface area contributed by atoms with Crippen LogP contribution in [0.2, 0.25) is 0 Å². The third kappa shape index (κ3) is 4.53. The topological polar surface area (TPSA) is 61.4 Å². The summed E-state index contributed by atoms with van der Waals surface area (Å²) in [5, 5.41) is 3.43. The monoisotopic (exact) mass is 317 g/mol. The van der Waals surface area contributed by atoms with Crippen LogP contribution < -0.4 is 10.0 Å². The second kappa shape index (κ2) is 6.53. The third-order valence-corrected chi connectivity index (χ3v) is 6.41. The normalized spacial score (nSPS) is 16.0. The van der Waals surface area contributed by atoms with Crippen molar-refractivity contribution in [3.05, 3.63) is 16.5 Å². The number of aryl methyl sites for hydroxylation is 1. The smallest absolute Gasteiger partial charge is 0.250 e. The number of hydrogen-bond acceptors (Lipinski definition) is 5. The summed E-state index contributed by atoms with van der Waals surface area (Å²) in [5.74, 6) is 0. The molecule has 1 aliphatic carbocycles. The molecule has 2 rings (SSSR count). The van der Waals surface area contributed by atoms with Crippen LogP contribution in [0.4, 0.5) is 0 Å². The van der Waals surface area contributed by atoms with Gasteiger partial charge in [0.05, 0.1) is 0 Å². The summed E-state index contributed by atoms with van der Waals surface area (Å²) in [6.07, 6.45) is 2.48. The quantitative estimate of drug-likeness (QED) is 0.755. The molecule has 7 heteroatoms. The molecule has 1 heterocycles. The highest BCUT2D eigenvalue weighted by Gasteiger charge is 2.22. The summed E-state index contributed by atoms with van der Waals surface area (Å²) in [4.78, 5) is 3.07. The minimum absolute atomic E-state index is 0.418. The van der Waals surface area contributed by atoms with Crippen molar-refractivity contribution in [3.8, 4) is 0 Å². The Hall–Kier alpha value is -0.470. The van der Waals surface area contributed by atoms with Crippen LogP contribution in [-0.4, -0.2) is 46.5 Å². The molecule has 0 unspecified atom stereocenters. The van der Waals surface area contributed by atoms with Crippen LogP contribution in [0.15, 0.2) is 10.3 Å². The Morgan fingerprint density at radius 2 is 2.10 bits per heavy atom. The number of sulfonamides is 1. The molecule has 0 aromatic carbocycles. The molecule has 20 heavy (non-hydrogen) atoms. The lowest BCUT2D eigenvalue weighted by atomic mass is 10.3. The molecule has 0 spiro atoms. The Morgan fingerprint density at radius 1 is 1.40 bits per heavy atom. The lowest BCUT2D eigenvalue weighted by molar-refractivity contribution is 0.412. The van der Waals surface area contributed by atoms with E-state index in [0.29, 0.717) is 23.3 Å². The third-order valence-electron chi connectivity index (χ3n) is 3.24. The van der Waals surface area contributed by atoms with Gasteiger partial charge in [-0.1, -0.05) is 0 Å². The van der Waals surface area contributed by atoms with E-state index in [0.717, 1.165) is 17.0 Å².